The number of anilines is 1. The summed E-state index contributed by atoms with van der Waals surface area (Å²) < 4.78 is 32.2. The largest absolute Gasteiger partial charge is 0.462 e. The molecule has 0 aliphatic heterocycles. The molecule has 7 heteroatoms. The molecule has 134 valence electrons. The fraction of sp³-hybridized carbons (Fsp3) is 0.278. The number of sulfonamides is 1. The first kappa shape index (κ1) is 19.3. The first-order chi connectivity index (χ1) is 11.8. The van der Waals surface area contributed by atoms with Crippen molar-refractivity contribution in [1.29, 1.82) is 0 Å². The van der Waals surface area contributed by atoms with Crippen LogP contribution in [0.1, 0.15) is 29.8 Å². The Balaban J connectivity index is 2.43. The van der Waals surface area contributed by atoms with E-state index in [2.05, 4.69) is 0 Å². The van der Waals surface area contributed by atoms with Crippen LogP contribution in [-0.4, -0.2) is 27.5 Å². The van der Waals surface area contributed by atoms with E-state index in [0.29, 0.717) is 21.8 Å². The van der Waals surface area contributed by atoms with Gasteiger partial charge < -0.3 is 4.74 Å². The third kappa shape index (κ3) is 4.14. The molecule has 0 N–H and O–H groups in total. The Kier molecular flexibility index (Phi) is 6.08. The molecule has 0 atom stereocenters. The minimum absolute atomic E-state index is 0.160. The fourth-order valence-electron chi connectivity index (χ4n) is 2.48. The van der Waals surface area contributed by atoms with Gasteiger partial charge in [0.05, 0.1) is 22.8 Å². The molecule has 2 rings (SSSR count). The lowest BCUT2D eigenvalue weighted by Crippen LogP contribution is -2.31. The average Bonchev–Trinajstić information content (AvgIpc) is 2.57. The Bertz CT molecular complexity index is 863. The molecule has 2 aromatic carbocycles. The molecule has 0 aliphatic carbocycles. The molecule has 0 aliphatic rings. The van der Waals surface area contributed by atoms with E-state index in [1.54, 1.807) is 51.1 Å². The number of esters is 1. The molecule has 25 heavy (non-hydrogen) atoms. The van der Waals surface area contributed by atoms with Gasteiger partial charge in [-0.1, -0.05) is 11.6 Å². The molecule has 0 unspecified atom stereocenters. The molecule has 5 nitrogen and oxygen atoms in total. The van der Waals surface area contributed by atoms with Gasteiger partial charge in [0.1, 0.15) is 0 Å². The van der Waals surface area contributed by atoms with Gasteiger partial charge in [-0.3, -0.25) is 4.31 Å². The number of carbonyl (C=O) groups excluding carboxylic acids is 1. The zero-order valence-electron chi connectivity index (χ0n) is 14.3. The van der Waals surface area contributed by atoms with Crippen LogP contribution >= 0.6 is 11.6 Å². The SMILES string of the molecule is CCOC(=O)c1ccc(N(CC)S(=O)(=O)c2ccc(Cl)cc2)c(C)c1. The number of nitrogens with zero attached hydrogens (tertiary/aromatic N) is 1. The van der Waals surface area contributed by atoms with Crippen LogP contribution in [0.15, 0.2) is 47.4 Å². The monoisotopic (exact) mass is 381 g/mol. The summed E-state index contributed by atoms with van der Waals surface area (Å²) in [4.78, 5) is 12.0. The first-order valence-corrected chi connectivity index (χ1v) is 9.69. The van der Waals surface area contributed by atoms with E-state index in [-0.39, 0.29) is 18.0 Å². The highest BCUT2D eigenvalue weighted by atomic mass is 35.5. The summed E-state index contributed by atoms with van der Waals surface area (Å²) in [5, 5.41) is 0.469. The van der Waals surface area contributed by atoms with Crippen LogP contribution in [0.4, 0.5) is 5.69 Å². The Morgan fingerprint density at radius 3 is 2.28 bits per heavy atom. The van der Waals surface area contributed by atoms with Crippen LogP contribution in [-0.2, 0) is 14.8 Å². The molecule has 2 aromatic rings. The van der Waals surface area contributed by atoms with Crippen LogP contribution < -0.4 is 4.31 Å². The van der Waals surface area contributed by atoms with Crippen LogP contribution in [0.3, 0.4) is 0 Å². The first-order valence-electron chi connectivity index (χ1n) is 7.87. The Morgan fingerprint density at radius 1 is 1.12 bits per heavy atom. The quantitative estimate of drug-likeness (QED) is 0.708. The average molecular weight is 382 g/mol. The standard InChI is InChI=1S/C18H20ClNO4S/c1-4-20(25(22,23)16-9-7-15(19)8-10-16)17-11-6-14(12-13(17)3)18(21)24-5-2/h6-12H,4-5H2,1-3H3. The fourth-order valence-corrected chi connectivity index (χ4v) is 4.14. The third-order valence-corrected chi connectivity index (χ3v) is 5.82. The van der Waals surface area contributed by atoms with Gasteiger partial charge in [-0.15, -0.1) is 0 Å². The van der Waals surface area contributed by atoms with E-state index < -0.39 is 16.0 Å². The summed E-state index contributed by atoms with van der Waals surface area (Å²) in [5.74, 6) is -0.430. The van der Waals surface area contributed by atoms with E-state index in [1.807, 2.05) is 0 Å². The van der Waals surface area contributed by atoms with Gasteiger partial charge in [0.15, 0.2) is 0 Å². The maximum atomic E-state index is 12.9. The second-order valence-corrected chi connectivity index (χ2v) is 7.64. The van der Waals surface area contributed by atoms with Gasteiger partial charge in [-0.05, 0) is 68.8 Å². The summed E-state index contributed by atoms with van der Waals surface area (Å²) in [7, 11) is -3.73. The lowest BCUT2D eigenvalue weighted by atomic mass is 10.1. The number of halogens is 1. The van der Waals surface area contributed by atoms with Gasteiger partial charge in [0.2, 0.25) is 0 Å². The molecule has 0 amide bonds. The van der Waals surface area contributed by atoms with Gasteiger partial charge in [-0.25, -0.2) is 13.2 Å². The molecular formula is C18H20ClNO4S. The number of carbonyl (C=O) groups is 1. The second kappa shape index (κ2) is 7.89. The summed E-state index contributed by atoms with van der Waals surface area (Å²) in [6.45, 7) is 5.79. The molecule has 0 aromatic heterocycles. The van der Waals surface area contributed by atoms with E-state index >= 15 is 0 Å². The van der Waals surface area contributed by atoms with Crippen molar-refractivity contribution in [1.82, 2.24) is 0 Å². The molecule has 0 saturated heterocycles. The van der Waals surface area contributed by atoms with Crippen LogP contribution in [0.5, 0.6) is 0 Å². The number of rotatable bonds is 6. The maximum absolute atomic E-state index is 12.9. The second-order valence-electron chi connectivity index (χ2n) is 5.35. The predicted molar refractivity (Wildman–Crippen MR) is 98.8 cm³/mol. The molecule has 0 radical (unpaired) electrons. The number of hydrogen-bond donors (Lipinski definition) is 0. The molecule has 0 saturated carbocycles. The normalized spacial score (nSPS) is 11.2. The van der Waals surface area contributed by atoms with E-state index in [1.165, 1.54) is 16.4 Å². The van der Waals surface area contributed by atoms with Crippen molar-refractivity contribution in [2.75, 3.05) is 17.5 Å². The van der Waals surface area contributed by atoms with Crippen LogP contribution in [0.25, 0.3) is 0 Å². The number of aryl methyl sites for hydroxylation is 1. The zero-order valence-corrected chi connectivity index (χ0v) is 15.9. The summed E-state index contributed by atoms with van der Waals surface area (Å²) >= 11 is 5.84. The van der Waals surface area contributed by atoms with E-state index in [9.17, 15) is 13.2 Å². The highest BCUT2D eigenvalue weighted by Gasteiger charge is 2.25. The van der Waals surface area contributed by atoms with Crippen molar-refractivity contribution < 1.29 is 17.9 Å². The topological polar surface area (TPSA) is 63.7 Å². The van der Waals surface area contributed by atoms with Crippen molar-refractivity contribution in [3.63, 3.8) is 0 Å². The highest BCUT2D eigenvalue weighted by Crippen LogP contribution is 2.28. The van der Waals surface area contributed by atoms with Crippen LogP contribution in [0.2, 0.25) is 5.02 Å². The van der Waals surface area contributed by atoms with E-state index in [4.69, 9.17) is 16.3 Å². The molecule has 0 heterocycles. The van der Waals surface area contributed by atoms with Crippen molar-refractivity contribution >= 4 is 33.3 Å². The number of ether oxygens (including phenoxy) is 1. The van der Waals surface area contributed by atoms with Gasteiger partial charge in [-0.2, -0.15) is 0 Å². The highest BCUT2D eigenvalue weighted by molar-refractivity contribution is 7.92. The minimum atomic E-state index is -3.73. The molecule has 0 bridgehead atoms. The lowest BCUT2D eigenvalue weighted by molar-refractivity contribution is 0.0526. The third-order valence-electron chi connectivity index (χ3n) is 3.67. The summed E-state index contributed by atoms with van der Waals surface area (Å²) in [6, 6.07) is 10.9. The minimum Gasteiger partial charge on any atom is -0.462 e. The molecule has 0 fully saturated rings. The van der Waals surface area contributed by atoms with Crippen molar-refractivity contribution in [2.24, 2.45) is 0 Å². The van der Waals surface area contributed by atoms with Crippen molar-refractivity contribution in [3.05, 3.63) is 58.6 Å². The van der Waals surface area contributed by atoms with Gasteiger partial charge in [0, 0.05) is 11.6 Å². The predicted octanol–water partition coefficient (Wildman–Crippen LogP) is 4.04. The molecule has 0 spiro atoms. The van der Waals surface area contributed by atoms with Crippen molar-refractivity contribution in [3.8, 4) is 0 Å². The Hall–Kier alpha value is -2.05. The smallest absolute Gasteiger partial charge is 0.338 e. The summed E-state index contributed by atoms with van der Waals surface area (Å²) in [6.07, 6.45) is 0. The van der Waals surface area contributed by atoms with Crippen molar-refractivity contribution in [2.45, 2.75) is 25.7 Å². The number of benzene rings is 2. The van der Waals surface area contributed by atoms with Gasteiger partial charge >= 0.3 is 5.97 Å². The van der Waals surface area contributed by atoms with E-state index in [0.717, 1.165) is 0 Å². The maximum Gasteiger partial charge on any atom is 0.338 e. The number of hydrogen-bond acceptors (Lipinski definition) is 4. The summed E-state index contributed by atoms with van der Waals surface area (Å²) in [5.41, 5.74) is 1.58. The Morgan fingerprint density at radius 2 is 1.76 bits per heavy atom. The molecular weight excluding hydrogens is 362 g/mol. The Labute approximate surface area is 153 Å². The van der Waals surface area contributed by atoms with Gasteiger partial charge in [0.25, 0.3) is 10.0 Å². The lowest BCUT2D eigenvalue weighted by Gasteiger charge is -2.25. The van der Waals surface area contributed by atoms with Crippen LogP contribution in [0, 0.1) is 6.92 Å². The zero-order chi connectivity index (χ0) is 18.6.